The standard InChI is InChI=1S/C13H16N4O4S2/c1-16(2)11-6-9(4-5-14-11)8-15-13-10(17(18)19)7-12(22-13)23(3,20)21/h4-7,15H,8H2,1-3H3. The van der Waals surface area contributed by atoms with Gasteiger partial charge in [-0.25, -0.2) is 13.4 Å². The minimum atomic E-state index is -3.48. The number of sulfone groups is 1. The summed E-state index contributed by atoms with van der Waals surface area (Å²) in [7, 11) is 0.245. The van der Waals surface area contributed by atoms with Crippen molar-refractivity contribution in [3.63, 3.8) is 0 Å². The average Bonchev–Trinajstić information content (AvgIpc) is 2.90. The lowest BCUT2D eigenvalue weighted by Gasteiger charge is -2.12. The summed E-state index contributed by atoms with van der Waals surface area (Å²) in [5.41, 5.74) is 0.643. The van der Waals surface area contributed by atoms with Crippen molar-refractivity contribution in [3.05, 3.63) is 40.1 Å². The lowest BCUT2D eigenvalue weighted by Crippen LogP contribution is -2.11. The third-order valence-electron chi connectivity index (χ3n) is 2.97. The van der Waals surface area contributed by atoms with Gasteiger partial charge in [-0.1, -0.05) is 11.3 Å². The van der Waals surface area contributed by atoms with Crippen LogP contribution in [0.5, 0.6) is 0 Å². The lowest BCUT2D eigenvalue weighted by atomic mass is 10.2. The molecule has 2 heterocycles. The third kappa shape index (κ3) is 4.17. The number of thiophene rings is 1. The fourth-order valence-corrected chi connectivity index (χ4v) is 3.74. The summed E-state index contributed by atoms with van der Waals surface area (Å²) >= 11 is 0.858. The van der Waals surface area contributed by atoms with Crippen molar-refractivity contribution in [2.45, 2.75) is 10.8 Å². The average molecular weight is 356 g/mol. The molecule has 0 aliphatic rings. The highest BCUT2D eigenvalue weighted by atomic mass is 32.2. The summed E-state index contributed by atoms with van der Waals surface area (Å²) in [5.74, 6) is 0.766. The van der Waals surface area contributed by atoms with E-state index in [1.807, 2.05) is 25.1 Å². The van der Waals surface area contributed by atoms with Gasteiger partial charge in [0.1, 0.15) is 10.0 Å². The van der Waals surface area contributed by atoms with Crippen LogP contribution in [0.2, 0.25) is 0 Å². The van der Waals surface area contributed by atoms with Crippen molar-refractivity contribution >= 4 is 37.7 Å². The van der Waals surface area contributed by atoms with E-state index < -0.39 is 14.8 Å². The van der Waals surface area contributed by atoms with Crippen LogP contribution in [0.4, 0.5) is 16.5 Å². The van der Waals surface area contributed by atoms with Gasteiger partial charge in [-0.2, -0.15) is 0 Å². The minimum absolute atomic E-state index is 0.0320. The molecule has 0 bridgehead atoms. The predicted octanol–water partition coefficient (Wildman–Crippen LogP) is 2.13. The Balaban J connectivity index is 2.25. The Hall–Kier alpha value is -2.20. The molecule has 124 valence electrons. The molecule has 0 fully saturated rings. The largest absolute Gasteiger partial charge is 0.367 e. The van der Waals surface area contributed by atoms with E-state index in [0.717, 1.165) is 35.0 Å². The second-order valence-electron chi connectivity index (χ2n) is 5.08. The number of hydrogen-bond donors (Lipinski definition) is 1. The fraction of sp³-hybridized carbons (Fsp3) is 0.308. The van der Waals surface area contributed by atoms with Crippen LogP contribution in [0.1, 0.15) is 5.56 Å². The summed E-state index contributed by atoms with van der Waals surface area (Å²) in [4.78, 5) is 16.5. The second-order valence-corrected chi connectivity index (χ2v) is 8.37. The van der Waals surface area contributed by atoms with E-state index in [9.17, 15) is 18.5 Å². The molecule has 2 aromatic heterocycles. The summed E-state index contributed by atoms with van der Waals surface area (Å²) in [5, 5.41) is 14.2. The molecule has 0 aromatic carbocycles. The highest BCUT2D eigenvalue weighted by Crippen LogP contribution is 2.37. The van der Waals surface area contributed by atoms with Gasteiger partial charge in [-0.05, 0) is 17.7 Å². The topological polar surface area (TPSA) is 105 Å². The summed E-state index contributed by atoms with van der Waals surface area (Å²) < 4.78 is 23.1. The number of aromatic nitrogens is 1. The number of rotatable bonds is 6. The maximum Gasteiger partial charge on any atom is 0.304 e. The second kappa shape index (κ2) is 6.50. The molecule has 0 saturated carbocycles. The molecule has 8 nitrogen and oxygen atoms in total. The van der Waals surface area contributed by atoms with Gasteiger partial charge in [0.25, 0.3) is 0 Å². The molecule has 2 rings (SSSR count). The van der Waals surface area contributed by atoms with E-state index in [4.69, 9.17) is 0 Å². The van der Waals surface area contributed by atoms with Gasteiger partial charge in [0.2, 0.25) is 0 Å². The van der Waals surface area contributed by atoms with Gasteiger partial charge < -0.3 is 10.2 Å². The van der Waals surface area contributed by atoms with Crippen molar-refractivity contribution in [2.75, 3.05) is 30.6 Å². The predicted molar refractivity (Wildman–Crippen MR) is 90.0 cm³/mol. The Labute approximate surface area is 137 Å². The van der Waals surface area contributed by atoms with Crippen molar-refractivity contribution in [1.29, 1.82) is 0 Å². The molecular weight excluding hydrogens is 340 g/mol. The number of nitrogens with zero attached hydrogens (tertiary/aromatic N) is 3. The fourth-order valence-electron chi connectivity index (χ4n) is 1.80. The number of pyridine rings is 1. The molecule has 2 aromatic rings. The summed E-state index contributed by atoms with van der Waals surface area (Å²) in [6, 6.07) is 4.72. The van der Waals surface area contributed by atoms with Crippen LogP contribution in [0.25, 0.3) is 0 Å². The van der Waals surface area contributed by atoms with E-state index in [1.54, 1.807) is 12.3 Å². The van der Waals surface area contributed by atoms with Crippen LogP contribution in [0, 0.1) is 10.1 Å². The molecular formula is C13H16N4O4S2. The molecule has 0 aliphatic heterocycles. The van der Waals surface area contributed by atoms with Crippen molar-refractivity contribution in [2.24, 2.45) is 0 Å². The Morgan fingerprint density at radius 1 is 1.39 bits per heavy atom. The quantitative estimate of drug-likeness (QED) is 0.624. The van der Waals surface area contributed by atoms with Gasteiger partial charge >= 0.3 is 5.69 Å². The number of anilines is 2. The maximum absolute atomic E-state index is 11.6. The van der Waals surface area contributed by atoms with Crippen LogP contribution in [0.15, 0.2) is 28.6 Å². The first-order valence-corrected chi connectivity index (χ1v) is 9.23. The van der Waals surface area contributed by atoms with E-state index in [2.05, 4.69) is 10.3 Å². The Morgan fingerprint density at radius 3 is 2.65 bits per heavy atom. The molecule has 10 heteroatoms. The van der Waals surface area contributed by atoms with Crippen LogP contribution in [0.3, 0.4) is 0 Å². The highest BCUT2D eigenvalue weighted by molar-refractivity contribution is 7.92. The summed E-state index contributed by atoms with van der Waals surface area (Å²) in [6.45, 7) is 0.327. The van der Waals surface area contributed by atoms with Crippen molar-refractivity contribution < 1.29 is 13.3 Å². The van der Waals surface area contributed by atoms with E-state index >= 15 is 0 Å². The molecule has 23 heavy (non-hydrogen) atoms. The lowest BCUT2D eigenvalue weighted by molar-refractivity contribution is -0.383. The van der Waals surface area contributed by atoms with Crippen LogP contribution >= 0.6 is 11.3 Å². The Bertz CT molecular complexity index is 830. The molecule has 0 atom stereocenters. The van der Waals surface area contributed by atoms with Gasteiger partial charge in [-0.15, -0.1) is 0 Å². The Morgan fingerprint density at radius 2 is 2.09 bits per heavy atom. The number of nitrogens with one attached hydrogen (secondary N) is 1. The Kier molecular flexibility index (Phi) is 4.85. The van der Waals surface area contributed by atoms with E-state index in [0.29, 0.717) is 6.54 Å². The molecule has 0 saturated heterocycles. The highest BCUT2D eigenvalue weighted by Gasteiger charge is 2.23. The van der Waals surface area contributed by atoms with Crippen molar-refractivity contribution in [1.82, 2.24) is 4.98 Å². The summed E-state index contributed by atoms with van der Waals surface area (Å²) in [6.07, 6.45) is 2.68. The number of nitro groups is 1. The van der Waals surface area contributed by atoms with Gasteiger partial charge in [0.15, 0.2) is 14.8 Å². The van der Waals surface area contributed by atoms with E-state index in [-0.39, 0.29) is 14.9 Å². The van der Waals surface area contributed by atoms with Crippen molar-refractivity contribution in [3.8, 4) is 0 Å². The molecule has 0 radical (unpaired) electrons. The molecule has 0 spiro atoms. The van der Waals surface area contributed by atoms with E-state index in [1.165, 1.54) is 0 Å². The molecule has 1 N–H and O–H groups in total. The van der Waals surface area contributed by atoms with Gasteiger partial charge in [-0.3, -0.25) is 10.1 Å². The van der Waals surface area contributed by atoms with Crippen LogP contribution in [-0.4, -0.2) is 38.7 Å². The van der Waals surface area contributed by atoms with Crippen LogP contribution in [-0.2, 0) is 16.4 Å². The molecule has 0 aliphatic carbocycles. The minimum Gasteiger partial charge on any atom is -0.367 e. The molecule has 0 unspecified atom stereocenters. The van der Waals surface area contributed by atoms with Crippen LogP contribution < -0.4 is 10.2 Å². The first kappa shape index (κ1) is 17.2. The molecule has 0 amide bonds. The van der Waals surface area contributed by atoms with Gasteiger partial charge in [0, 0.05) is 39.2 Å². The smallest absolute Gasteiger partial charge is 0.304 e. The zero-order valence-corrected chi connectivity index (χ0v) is 14.4. The van der Waals surface area contributed by atoms with Gasteiger partial charge in [0.05, 0.1) is 4.92 Å². The maximum atomic E-state index is 11.6. The third-order valence-corrected chi connectivity index (χ3v) is 5.86. The SMILES string of the molecule is CN(C)c1cc(CNc2sc(S(C)(=O)=O)cc2[N+](=O)[O-])ccn1. The first-order chi connectivity index (χ1) is 10.7. The monoisotopic (exact) mass is 356 g/mol. The first-order valence-electron chi connectivity index (χ1n) is 6.53. The normalized spacial score (nSPS) is 11.3. The number of hydrogen-bond acceptors (Lipinski definition) is 8. The zero-order valence-electron chi connectivity index (χ0n) is 12.8. The zero-order chi connectivity index (χ0) is 17.2.